The van der Waals surface area contributed by atoms with Gasteiger partial charge in [-0.05, 0) is 46.1 Å². The molecule has 0 fully saturated rings. The first-order valence-corrected chi connectivity index (χ1v) is 6.49. The molecule has 0 aliphatic rings. The predicted molar refractivity (Wildman–Crippen MR) is 74.1 cm³/mol. The summed E-state index contributed by atoms with van der Waals surface area (Å²) >= 11 is 9.34. The fourth-order valence-corrected chi connectivity index (χ4v) is 2.71. The van der Waals surface area contributed by atoms with Crippen LogP contribution in [0.2, 0.25) is 5.02 Å². The van der Waals surface area contributed by atoms with Crippen molar-refractivity contribution in [1.82, 2.24) is 20.4 Å². The monoisotopic (exact) mass is 329 g/mol. The molecule has 5 nitrogen and oxygen atoms in total. The van der Waals surface area contributed by atoms with Crippen molar-refractivity contribution < 1.29 is 0 Å². The second-order valence-corrected chi connectivity index (χ2v) is 5.18. The maximum atomic E-state index is 5.96. The second kappa shape index (κ2) is 5.36. The Morgan fingerprint density at radius 3 is 2.72 bits per heavy atom. The lowest BCUT2D eigenvalue weighted by molar-refractivity contribution is 0.567. The molecule has 7 heteroatoms. The van der Waals surface area contributed by atoms with Crippen molar-refractivity contribution in [3.05, 3.63) is 44.6 Å². The molecule has 1 heterocycles. The Morgan fingerprint density at radius 2 is 2.22 bits per heavy atom. The van der Waals surface area contributed by atoms with Gasteiger partial charge in [-0.3, -0.25) is 5.84 Å². The van der Waals surface area contributed by atoms with E-state index in [0.717, 1.165) is 16.8 Å². The van der Waals surface area contributed by atoms with Crippen LogP contribution in [-0.4, -0.2) is 15.0 Å². The Kier molecular flexibility index (Phi) is 4.01. The van der Waals surface area contributed by atoms with Crippen molar-refractivity contribution in [2.45, 2.75) is 13.0 Å². The van der Waals surface area contributed by atoms with E-state index in [-0.39, 0.29) is 6.04 Å². The minimum atomic E-state index is -0.198. The summed E-state index contributed by atoms with van der Waals surface area (Å²) in [6.45, 7) is 1.99. The molecule has 18 heavy (non-hydrogen) atoms. The lowest BCUT2D eigenvalue weighted by Crippen LogP contribution is -2.31. The van der Waals surface area contributed by atoms with E-state index in [1.165, 1.54) is 0 Å². The van der Waals surface area contributed by atoms with Crippen LogP contribution in [0, 0.1) is 6.92 Å². The Labute approximate surface area is 118 Å². The fourth-order valence-electron chi connectivity index (χ4n) is 1.92. The first-order chi connectivity index (χ1) is 8.54. The van der Waals surface area contributed by atoms with E-state index in [2.05, 4.69) is 31.7 Å². The van der Waals surface area contributed by atoms with Gasteiger partial charge in [-0.1, -0.05) is 22.9 Å². The van der Waals surface area contributed by atoms with Crippen LogP contribution in [0.3, 0.4) is 0 Å². The van der Waals surface area contributed by atoms with Gasteiger partial charge in [-0.25, -0.2) is 10.1 Å². The van der Waals surface area contributed by atoms with Crippen LogP contribution >= 0.6 is 27.5 Å². The summed E-state index contributed by atoms with van der Waals surface area (Å²) in [6, 6.07) is 5.49. The lowest BCUT2D eigenvalue weighted by atomic mass is 9.99. The molecule has 96 valence electrons. The van der Waals surface area contributed by atoms with Crippen LogP contribution in [0.15, 0.2) is 22.8 Å². The third-order valence-electron chi connectivity index (χ3n) is 2.81. The molecule has 0 aliphatic heterocycles. The molecule has 0 amide bonds. The Morgan fingerprint density at radius 1 is 1.50 bits per heavy atom. The second-order valence-electron chi connectivity index (χ2n) is 3.99. The van der Waals surface area contributed by atoms with Gasteiger partial charge >= 0.3 is 0 Å². The van der Waals surface area contributed by atoms with E-state index in [4.69, 9.17) is 17.4 Å². The molecular weight excluding hydrogens is 318 g/mol. The summed E-state index contributed by atoms with van der Waals surface area (Å²) in [5.74, 6) is 5.67. The van der Waals surface area contributed by atoms with Crippen LogP contribution < -0.4 is 11.3 Å². The van der Waals surface area contributed by atoms with Crippen LogP contribution in [0.4, 0.5) is 0 Å². The standard InChI is InChI=1S/C11H13BrClN5/c1-6-5-7(13)3-4-8(6)9(15-14)10-11(12)16-17-18(10)2/h3-5,9,15H,14H2,1-2H3. The molecule has 1 aromatic heterocycles. The molecule has 0 spiro atoms. The highest BCUT2D eigenvalue weighted by atomic mass is 79.9. The van der Waals surface area contributed by atoms with E-state index in [1.807, 2.05) is 32.2 Å². The third kappa shape index (κ3) is 2.42. The molecule has 3 N–H and O–H groups in total. The number of hydrazine groups is 1. The predicted octanol–water partition coefficient (Wildman–Crippen LogP) is 2.09. The Bertz CT molecular complexity index is 549. The van der Waals surface area contributed by atoms with Crippen molar-refractivity contribution in [1.29, 1.82) is 0 Å². The number of aromatic nitrogens is 3. The topological polar surface area (TPSA) is 68.8 Å². The zero-order valence-corrected chi connectivity index (χ0v) is 12.3. The number of hydrogen-bond donors (Lipinski definition) is 2. The molecule has 2 rings (SSSR count). The number of nitrogens with zero attached hydrogens (tertiary/aromatic N) is 3. The number of rotatable bonds is 3. The highest BCUT2D eigenvalue weighted by Crippen LogP contribution is 2.29. The highest BCUT2D eigenvalue weighted by molar-refractivity contribution is 9.10. The first-order valence-electron chi connectivity index (χ1n) is 5.32. The zero-order valence-electron chi connectivity index (χ0n) is 9.98. The average Bonchev–Trinajstić information content (AvgIpc) is 2.64. The zero-order chi connectivity index (χ0) is 13.3. The van der Waals surface area contributed by atoms with E-state index < -0.39 is 0 Å². The van der Waals surface area contributed by atoms with Gasteiger partial charge in [-0.2, -0.15) is 0 Å². The van der Waals surface area contributed by atoms with Gasteiger partial charge in [0.2, 0.25) is 0 Å². The van der Waals surface area contributed by atoms with Crippen molar-refractivity contribution in [2.75, 3.05) is 0 Å². The van der Waals surface area contributed by atoms with E-state index in [1.54, 1.807) is 4.68 Å². The SMILES string of the molecule is Cc1cc(Cl)ccc1C(NN)c1c(Br)nnn1C. The molecular formula is C11H13BrClN5. The molecule has 0 saturated heterocycles. The van der Waals surface area contributed by atoms with Gasteiger partial charge in [-0.15, -0.1) is 5.10 Å². The van der Waals surface area contributed by atoms with Crippen molar-refractivity contribution in [3.63, 3.8) is 0 Å². The summed E-state index contributed by atoms with van der Waals surface area (Å²) in [5, 5.41) is 8.62. The lowest BCUT2D eigenvalue weighted by Gasteiger charge is -2.19. The normalized spacial score (nSPS) is 12.7. The number of nitrogens with one attached hydrogen (secondary N) is 1. The summed E-state index contributed by atoms with van der Waals surface area (Å²) in [4.78, 5) is 0. The maximum Gasteiger partial charge on any atom is 0.153 e. The minimum Gasteiger partial charge on any atom is -0.271 e. The number of aryl methyl sites for hydroxylation is 2. The van der Waals surface area contributed by atoms with Crippen LogP contribution in [0.25, 0.3) is 0 Å². The van der Waals surface area contributed by atoms with Gasteiger partial charge < -0.3 is 0 Å². The maximum absolute atomic E-state index is 5.96. The van der Waals surface area contributed by atoms with Crippen LogP contribution in [0.5, 0.6) is 0 Å². The number of hydrogen-bond acceptors (Lipinski definition) is 4. The van der Waals surface area contributed by atoms with Gasteiger partial charge in [0.25, 0.3) is 0 Å². The van der Waals surface area contributed by atoms with E-state index in [0.29, 0.717) is 9.63 Å². The Hall–Kier alpha value is -0.950. The molecule has 2 aromatic rings. The Balaban J connectivity index is 2.52. The van der Waals surface area contributed by atoms with Gasteiger partial charge in [0, 0.05) is 12.1 Å². The summed E-state index contributed by atoms with van der Waals surface area (Å²) in [7, 11) is 1.82. The molecule has 0 bridgehead atoms. The third-order valence-corrected chi connectivity index (χ3v) is 3.61. The smallest absolute Gasteiger partial charge is 0.153 e. The summed E-state index contributed by atoms with van der Waals surface area (Å²) in [6.07, 6.45) is 0. The molecule has 1 unspecified atom stereocenters. The minimum absolute atomic E-state index is 0.198. The van der Waals surface area contributed by atoms with Crippen LogP contribution in [0.1, 0.15) is 22.9 Å². The molecule has 0 saturated carbocycles. The van der Waals surface area contributed by atoms with Gasteiger partial charge in [0.05, 0.1) is 11.7 Å². The fraction of sp³-hybridized carbons (Fsp3) is 0.273. The van der Waals surface area contributed by atoms with E-state index in [9.17, 15) is 0 Å². The van der Waals surface area contributed by atoms with Gasteiger partial charge in [0.15, 0.2) is 4.60 Å². The quantitative estimate of drug-likeness (QED) is 0.668. The molecule has 0 aliphatic carbocycles. The highest BCUT2D eigenvalue weighted by Gasteiger charge is 2.22. The number of benzene rings is 1. The van der Waals surface area contributed by atoms with Crippen molar-refractivity contribution >= 4 is 27.5 Å². The largest absolute Gasteiger partial charge is 0.271 e. The molecule has 1 aromatic carbocycles. The average molecular weight is 331 g/mol. The van der Waals surface area contributed by atoms with Gasteiger partial charge in [0.1, 0.15) is 0 Å². The van der Waals surface area contributed by atoms with Crippen molar-refractivity contribution in [3.8, 4) is 0 Å². The number of halogens is 2. The van der Waals surface area contributed by atoms with Crippen molar-refractivity contribution in [2.24, 2.45) is 12.9 Å². The molecule has 0 radical (unpaired) electrons. The summed E-state index contributed by atoms with van der Waals surface area (Å²) < 4.78 is 2.35. The number of nitrogens with two attached hydrogens (primary N) is 1. The first kappa shape index (κ1) is 13.5. The van der Waals surface area contributed by atoms with E-state index >= 15 is 0 Å². The summed E-state index contributed by atoms with van der Waals surface area (Å²) in [5.41, 5.74) is 5.74. The van der Waals surface area contributed by atoms with Crippen LogP contribution in [-0.2, 0) is 7.05 Å². The molecule has 1 atom stereocenters.